The first kappa shape index (κ1) is 7.91. The van der Waals surface area contributed by atoms with E-state index in [-0.39, 0.29) is 0 Å². The van der Waals surface area contributed by atoms with Gasteiger partial charge in [-0.15, -0.1) is 0 Å². The van der Waals surface area contributed by atoms with Gasteiger partial charge in [-0.05, 0) is 25.5 Å². The molecule has 2 aromatic heterocycles. The third-order valence-electron chi connectivity index (χ3n) is 1.86. The van der Waals surface area contributed by atoms with Gasteiger partial charge in [-0.3, -0.25) is 4.98 Å². The van der Waals surface area contributed by atoms with Crippen molar-refractivity contribution in [2.45, 2.75) is 13.8 Å². The highest BCUT2D eigenvalue weighted by Crippen LogP contribution is 2.09. The summed E-state index contributed by atoms with van der Waals surface area (Å²) >= 11 is 0. The number of rotatable bonds is 1. The largest absolute Gasteiger partial charge is 0.262 e. The fourth-order valence-corrected chi connectivity index (χ4v) is 1.16. The minimum absolute atomic E-state index is 0.767. The van der Waals surface area contributed by atoms with Gasteiger partial charge in [0.2, 0.25) is 0 Å². The van der Waals surface area contributed by atoms with E-state index in [1.807, 2.05) is 19.9 Å². The van der Waals surface area contributed by atoms with E-state index in [0.29, 0.717) is 0 Å². The molecule has 13 heavy (non-hydrogen) atoms. The fourth-order valence-electron chi connectivity index (χ4n) is 1.16. The molecule has 0 aliphatic rings. The Hall–Kier alpha value is -1.71. The number of hydrogen-bond donors (Lipinski definition) is 0. The minimum atomic E-state index is 0.767. The van der Waals surface area contributed by atoms with Crippen LogP contribution in [-0.4, -0.2) is 19.7 Å². The summed E-state index contributed by atoms with van der Waals surface area (Å²) in [5, 5.41) is 4.21. The van der Waals surface area contributed by atoms with Gasteiger partial charge < -0.3 is 0 Å². The molecular weight excluding hydrogens is 164 g/mol. The van der Waals surface area contributed by atoms with E-state index in [4.69, 9.17) is 0 Å². The summed E-state index contributed by atoms with van der Waals surface area (Å²) in [5.41, 5.74) is 2.11. The molecule has 2 heterocycles. The van der Waals surface area contributed by atoms with Crippen LogP contribution in [-0.2, 0) is 0 Å². The third kappa shape index (κ3) is 1.42. The average molecular weight is 174 g/mol. The summed E-state index contributed by atoms with van der Waals surface area (Å²) in [4.78, 5) is 8.10. The smallest absolute Gasteiger partial charge is 0.147 e. The second kappa shape index (κ2) is 2.97. The predicted octanol–water partition coefficient (Wildman–Crippen LogP) is 1.28. The molecule has 0 saturated carbocycles. The molecule has 0 bridgehead atoms. The molecule has 0 fully saturated rings. The Bertz CT molecular complexity index is 419. The van der Waals surface area contributed by atoms with Gasteiger partial charge in [0.15, 0.2) is 0 Å². The van der Waals surface area contributed by atoms with Crippen LogP contribution >= 0.6 is 0 Å². The van der Waals surface area contributed by atoms with Crippen molar-refractivity contribution in [3.63, 3.8) is 0 Å². The molecular formula is C9H10N4. The maximum Gasteiger partial charge on any atom is 0.147 e. The molecule has 0 spiro atoms. The summed E-state index contributed by atoms with van der Waals surface area (Å²) in [5.74, 6) is 0.767. The SMILES string of the molecule is Cc1ncn(-c2cnccc2C)n1. The molecule has 0 amide bonds. The zero-order valence-corrected chi connectivity index (χ0v) is 7.60. The van der Waals surface area contributed by atoms with Crippen molar-refractivity contribution in [2.24, 2.45) is 0 Å². The summed E-state index contributed by atoms with van der Waals surface area (Å²) in [6.45, 7) is 3.89. The van der Waals surface area contributed by atoms with Crippen molar-refractivity contribution < 1.29 is 0 Å². The van der Waals surface area contributed by atoms with E-state index in [2.05, 4.69) is 15.1 Å². The normalized spacial score (nSPS) is 10.3. The second-order valence-corrected chi connectivity index (χ2v) is 2.90. The van der Waals surface area contributed by atoms with Gasteiger partial charge in [0.25, 0.3) is 0 Å². The van der Waals surface area contributed by atoms with Gasteiger partial charge in [-0.25, -0.2) is 9.67 Å². The lowest BCUT2D eigenvalue weighted by Crippen LogP contribution is -1.98. The molecule has 4 nitrogen and oxygen atoms in total. The van der Waals surface area contributed by atoms with Gasteiger partial charge in [-0.2, -0.15) is 5.10 Å². The fraction of sp³-hybridized carbons (Fsp3) is 0.222. The van der Waals surface area contributed by atoms with Crippen molar-refractivity contribution in [2.75, 3.05) is 0 Å². The van der Waals surface area contributed by atoms with Crippen LogP contribution < -0.4 is 0 Å². The van der Waals surface area contributed by atoms with Gasteiger partial charge in [0, 0.05) is 6.20 Å². The van der Waals surface area contributed by atoms with Crippen LogP contribution in [0.3, 0.4) is 0 Å². The Morgan fingerprint density at radius 2 is 2.15 bits per heavy atom. The number of aromatic nitrogens is 4. The molecule has 0 aliphatic carbocycles. The monoisotopic (exact) mass is 174 g/mol. The van der Waals surface area contributed by atoms with E-state index in [0.717, 1.165) is 17.1 Å². The third-order valence-corrected chi connectivity index (χ3v) is 1.86. The molecule has 0 aromatic carbocycles. The zero-order valence-electron chi connectivity index (χ0n) is 7.60. The van der Waals surface area contributed by atoms with E-state index in [1.54, 1.807) is 23.4 Å². The van der Waals surface area contributed by atoms with Gasteiger partial charge in [0.05, 0.1) is 11.9 Å². The Balaban J connectivity index is 2.52. The molecule has 66 valence electrons. The lowest BCUT2D eigenvalue weighted by molar-refractivity contribution is 0.849. The van der Waals surface area contributed by atoms with Crippen LogP contribution in [0.4, 0.5) is 0 Å². The number of hydrogen-bond acceptors (Lipinski definition) is 3. The lowest BCUT2D eigenvalue weighted by Gasteiger charge is -2.02. The highest BCUT2D eigenvalue weighted by molar-refractivity contribution is 5.35. The number of nitrogens with zero attached hydrogens (tertiary/aromatic N) is 4. The summed E-state index contributed by atoms with van der Waals surface area (Å²) < 4.78 is 1.73. The standard InChI is InChI=1S/C9H10N4/c1-7-3-4-10-5-9(7)13-6-11-8(2)12-13/h3-6H,1-2H3. The molecule has 0 aliphatic heterocycles. The Morgan fingerprint density at radius 3 is 2.77 bits per heavy atom. The Morgan fingerprint density at radius 1 is 1.31 bits per heavy atom. The Kier molecular flexibility index (Phi) is 1.81. The van der Waals surface area contributed by atoms with Crippen molar-refractivity contribution in [3.05, 3.63) is 36.2 Å². The van der Waals surface area contributed by atoms with Crippen LogP contribution in [0.15, 0.2) is 24.8 Å². The van der Waals surface area contributed by atoms with Crippen LogP contribution in [0, 0.1) is 13.8 Å². The average Bonchev–Trinajstić information content (AvgIpc) is 2.53. The van der Waals surface area contributed by atoms with Crippen molar-refractivity contribution in [1.29, 1.82) is 0 Å². The number of pyridine rings is 1. The summed E-state index contributed by atoms with van der Waals surface area (Å²) in [7, 11) is 0. The van der Waals surface area contributed by atoms with E-state index < -0.39 is 0 Å². The Labute approximate surface area is 76.3 Å². The first-order valence-corrected chi connectivity index (χ1v) is 4.06. The maximum atomic E-state index is 4.21. The van der Waals surface area contributed by atoms with Crippen LogP contribution in [0.2, 0.25) is 0 Å². The van der Waals surface area contributed by atoms with Crippen LogP contribution in [0.1, 0.15) is 11.4 Å². The molecule has 2 aromatic rings. The molecule has 4 heteroatoms. The molecule has 0 atom stereocenters. The summed E-state index contributed by atoms with van der Waals surface area (Å²) in [6.07, 6.45) is 5.24. The van der Waals surface area contributed by atoms with E-state index >= 15 is 0 Å². The minimum Gasteiger partial charge on any atom is -0.262 e. The van der Waals surface area contributed by atoms with E-state index in [9.17, 15) is 0 Å². The first-order chi connectivity index (χ1) is 6.27. The molecule has 2 rings (SSSR count). The topological polar surface area (TPSA) is 43.6 Å². The molecule has 0 radical (unpaired) electrons. The van der Waals surface area contributed by atoms with Gasteiger partial charge in [0.1, 0.15) is 12.2 Å². The molecule has 0 unspecified atom stereocenters. The van der Waals surface area contributed by atoms with Crippen molar-refractivity contribution in [3.8, 4) is 5.69 Å². The second-order valence-electron chi connectivity index (χ2n) is 2.90. The van der Waals surface area contributed by atoms with Crippen LogP contribution in [0.5, 0.6) is 0 Å². The zero-order chi connectivity index (χ0) is 9.26. The van der Waals surface area contributed by atoms with Crippen molar-refractivity contribution in [1.82, 2.24) is 19.7 Å². The highest BCUT2D eigenvalue weighted by Gasteiger charge is 2.01. The molecule has 0 saturated heterocycles. The van der Waals surface area contributed by atoms with Gasteiger partial charge in [-0.1, -0.05) is 0 Å². The number of aryl methyl sites for hydroxylation is 2. The van der Waals surface area contributed by atoms with Gasteiger partial charge >= 0.3 is 0 Å². The highest BCUT2D eigenvalue weighted by atomic mass is 15.3. The molecule has 0 N–H and O–H groups in total. The maximum absolute atomic E-state index is 4.21. The first-order valence-electron chi connectivity index (χ1n) is 4.06. The predicted molar refractivity (Wildman–Crippen MR) is 48.6 cm³/mol. The van der Waals surface area contributed by atoms with Crippen LogP contribution in [0.25, 0.3) is 5.69 Å². The lowest BCUT2D eigenvalue weighted by atomic mass is 10.2. The van der Waals surface area contributed by atoms with Crippen molar-refractivity contribution >= 4 is 0 Å². The quantitative estimate of drug-likeness (QED) is 0.654. The summed E-state index contributed by atoms with van der Waals surface area (Å²) in [6, 6.07) is 1.95. The van der Waals surface area contributed by atoms with E-state index in [1.165, 1.54) is 0 Å².